The Balaban J connectivity index is 2.55. The van der Waals surface area contributed by atoms with Crippen LogP contribution in [0.2, 0.25) is 0 Å². The molecule has 2 nitrogen and oxygen atoms in total. The van der Waals surface area contributed by atoms with Crippen molar-refractivity contribution < 1.29 is 9.47 Å². The predicted molar refractivity (Wildman–Crippen MR) is 94.1 cm³/mol. The molecule has 0 saturated carbocycles. The van der Waals surface area contributed by atoms with Crippen molar-refractivity contribution in [1.29, 1.82) is 0 Å². The number of hydrogen-bond acceptors (Lipinski definition) is 2. The van der Waals surface area contributed by atoms with Crippen LogP contribution in [0.5, 0.6) is 0 Å². The van der Waals surface area contributed by atoms with Crippen LogP contribution in [0.3, 0.4) is 0 Å². The smallest absolute Gasteiger partial charge is 0.0598 e. The van der Waals surface area contributed by atoms with Gasteiger partial charge in [-0.2, -0.15) is 0 Å². The van der Waals surface area contributed by atoms with E-state index in [1.165, 1.54) is 5.30 Å². The van der Waals surface area contributed by atoms with Gasteiger partial charge >= 0.3 is 0 Å². The molecule has 0 radical (unpaired) electrons. The fourth-order valence-electron chi connectivity index (χ4n) is 1.93. The molecule has 0 aliphatic carbocycles. The van der Waals surface area contributed by atoms with E-state index in [0.29, 0.717) is 0 Å². The van der Waals surface area contributed by atoms with Crippen molar-refractivity contribution in [2.75, 3.05) is 25.5 Å². The quantitative estimate of drug-likeness (QED) is 0.694. The summed E-state index contributed by atoms with van der Waals surface area (Å²) < 4.78 is 11.8. The highest BCUT2D eigenvalue weighted by molar-refractivity contribution is 7.65. The molecule has 1 aromatic rings. The van der Waals surface area contributed by atoms with Crippen LogP contribution in [-0.4, -0.2) is 36.7 Å². The SMILES string of the molecule is CC(C)(C)OCCP(CCOC(C)(C)C)c1ccccc1. The number of rotatable bonds is 7. The van der Waals surface area contributed by atoms with Crippen LogP contribution in [0.1, 0.15) is 41.5 Å². The largest absolute Gasteiger partial charge is 0.375 e. The Labute approximate surface area is 132 Å². The summed E-state index contributed by atoms with van der Waals surface area (Å²) in [6.07, 6.45) is 2.20. The van der Waals surface area contributed by atoms with Crippen LogP contribution >= 0.6 is 7.92 Å². The van der Waals surface area contributed by atoms with Gasteiger partial charge in [0.2, 0.25) is 0 Å². The minimum Gasteiger partial charge on any atom is -0.375 e. The maximum atomic E-state index is 5.90. The summed E-state index contributed by atoms with van der Waals surface area (Å²) in [7, 11) is -0.212. The number of ether oxygens (including phenoxy) is 2. The first-order chi connectivity index (χ1) is 9.67. The average molecular weight is 310 g/mol. The standard InChI is InChI=1S/C18H31O2P/c1-17(2,3)19-12-14-21(15-13-20-18(4,5)6)16-10-8-7-9-11-16/h7-11H,12-15H2,1-6H3. The van der Waals surface area contributed by atoms with E-state index in [9.17, 15) is 0 Å². The van der Waals surface area contributed by atoms with E-state index in [0.717, 1.165) is 25.5 Å². The lowest BCUT2D eigenvalue weighted by molar-refractivity contribution is 0.00488. The molecule has 0 amide bonds. The van der Waals surface area contributed by atoms with Gasteiger partial charge < -0.3 is 9.47 Å². The van der Waals surface area contributed by atoms with Gasteiger partial charge in [-0.25, -0.2) is 0 Å². The molecule has 1 rings (SSSR count). The molecule has 0 aromatic heterocycles. The molecule has 120 valence electrons. The molecule has 0 fully saturated rings. The van der Waals surface area contributed by atoms with Crippen LogP contribution in [-0.2, 0) is 9.47 Å². The zero-order valence-corrected chi connectivity index (χ0v) is 15.4. The topological polar surface area (TPSA) is 18.5 Å². The molecule has 21 heavy (non-hydrogen) atoms. The van der Waals surface area contributed by atoms with Gasteiger partial charge in [0.15, 0.2) is 0 Å². The van der Waals surface area contributed by atoms with Crippen molar-refractivity contribution in [1.82, 2.24) is 0 Å². The molecule has 0 aliphatic heterocycles. The van der Waals surface area contributed by atoms with E-state index in [-0.39, 0.29) is 19.1 Å². The molecule has 1 aromatic carbocycles. The second-order valence-corrected chi connectivity index (χ2v) is 9.73. The van der Waals surface area contributed by atoms with Crippen molar-refractivity contribution in [2.24, 2.45) is 0 Å². The Bertz CT molecular complexity index is 370. The summed E-state index contributed by atoms with van der Waals surface area (Å²) in [5, 5.41) is 1.45. The van der Waals surface area contributed by atoms with Crippen LogP contribution in [0.15, 0.2) is 30.3 Å². The van der Waals surface area contributed by atoms with Crippen LogP contribution < -0.4 is 5.30 Å². The van der Waals surface area contributed by atoms with Gasteiger partial charge in [0.25, 0.3) is 0 Å². The molecule has 0 spiro atoms. The van der Waals surface area contributed by atoms with Gasteiger partial charge in [0.05, 0.1) is 24.4 Å². The zero-order valence-electron chi connectivity index (χ0n) is 14.5. The van der Waals surface area contributed by atoms with Gasteiger partial charge in [-0.05, 0) is 59.2 Å². The van der Waals surface area contributed by atoms with E-state index in [4.69, 9.17) is 9.47 Å². The van der Waals surface area contributed by atoms with Gasteiger partial charge in [0, 0.05) is 0 Å². The molecule has 0 atom stereocenters. The van der Waals surface area contributed by atoms with E-state index < -0.39 is 0 Å². The molecule has 3 heteroatoms. The number of hydrogen-bond donors (Lipinski definition) is 0. The van der Waals surface area contributed by atoms with Gasteiger partial charge in [0.1, 0.15) is 0 Å². The highest BCUT2D eigenvalue weighted by atomic mass is 31.1. The maximum Gasteiger partial charge on any atom is 0.0598 e. The number of benzene rings is 1. The molecule has 0 heterocycles. The molecular weight excluding hydrogens is 279 g/mol. The van der Waals surface area contributed by atoms with E-state index in [1.54, 1.807) is 0 Å². The van der Waals surface area contributed by atoms with Crippen LogP contribution in [0, 0.1) is 0 Å². The highest BCUT2D eigenvalue weighted by Crippen LogP contribution is 2.34. The molecule has 0 aliphatic rings. The summed E-state index contributed by atoms with van der Waals surface area (Å²) in [5.74, 6) is 0. The normalized spacial score (nSPS) is 12.9. The molecule has 0 N–H and O–H groups in total. The highest BCUT2D eigenvalue weighted by Gasteiger charge is 2.16. The van der Waals surface area contributed by atoms with Crippen molar-refractivity contribution in [3.8, 4) is 0 Å². The summed E-state index contributed by atoms with van der Waals surface area (Å²) in [6, 6.07) is 10.8. The van der Waals surface area contributed by atoms with Crippen LogP contribution in [0.25, 0.3) is 0 Å². The Hall–Kier alpha value is -0.430. The third-order valence-corrected chi connectivity index (χ3v) is 5.39. The average Bonchev–Trinajstić information content (AvgIpc) is 2.35. The van der Waals surface area contributed by atoms with Gasteiger partial charge in [-0.1, -0.05) is 38.3 Å². The second kappa shape index (κ2) is 8.27. The lowest BCUT2D eigenvalue weighted by atomic mass is 10.2. The fourth-order valence-corrected chi connectivity index (χ4v) is 3.89. The van der Waals surface area contributed by atoms with Crippen LogP contribution in [0.4, 0.5) is 0 Å². The van der Waals surface area contributed by atoms with Gasteiger partial charge in [-0.15, -0.1) is 0 Å². The first kappa shape index (κ1) is 18.6. The Morgan fingerprint density at radius 3 is 1.57 bits per heavy atom. The monoisotopic (exact) mass is 310 g/mol. The lowest BCUT2D eigenvalue weighted by Crippen LogP contribution is -2.24. The maximum absolute atomic E-state index is 5.90. The van der Waals surface area contributed by atoms with Crippen molar-refractivity contribution in [2.45, 2.75) is 52.7 Å². The van der Waals surface area contributed by atoms with E-state index >= 15 is 0 Å². The summed E-state index contributed by atoms with van der Waals surface area (Å²) in [5.41, 5.74) is -0.112. The Morgan fingerprint density at radius 1 is 0.762 bits per heavy atom. The molecule has 0 bridgehead atoms. The fraction of sp³-hybridized carbons (Fsp3) is 0.667. The third-order valence-electron chi connectivity index (χ3n) is 2.91. The van der Waals surface area contributed by atoms with E-state index in [2.05, 4.69) is 71.9 Å². The molecule has 0 saturated heterocycles. The van der Waals surface area contributed by atoms with Crippen molar-refractivity contribution in [3.05, 3.63) is 30.3 Å². The van der Waals surface area contributed by atoms with Crippen molar-refractivity contribution >= 4 is 13.2 Å². The van der Waals surface area contributed by atoms with E-state index in [1.807, 2.05) is 0 Å². The zero-order chi connectivity index (χ0) is 15.9. The second-order valence-electron chi connectivity index (χ2n) is 7.24. The summed E-state index contributed by atoms with van der Waals surface area (Å²) in [6.45, 7) is 14.3. The summed E-state index contributed by atoms with van der Waals surface area (Å²) >= 11 is 0. The third kappa shape index (κ3) is 9.24. The molecule has 0 unspecified atom stereocenters. The predicted octanol–water partition coefficient (Wildman–Crippen LogP) is 4.42. The minimum absolute atomic E-state index is 0.0560. The Morgan fingerprint density at radius 2 is 1.19 bits per heavy atom. The first-order valence-corrected chi connectivity index (χ1v) is 9.46. The van der Waals surface area contributed by atoms with Gasteiger partial charge in [-0.3, -0.25) is 0 Å². The Kier molecular flexibility index (Phi) is 7.33. The molecular formula is C18H31O2P. The minimum atomic E-state index is -0.212. The first-order valence-electron chi connectivity index (χ1n) is 7.75. The summed E-state index contributed by atoms with van der Waals surface area (Å²) in [4.78, 5) is 0. The lowest BCUT2D eigenvalue weighted by Gasteiger charge is -2.25. The van der Waals surface area contributed by atoms with Crippen molar-refractivity contribution in [3.63, 3.8) is 0 Å².